The molecule has 4 rings (SSSR count). The standard InChI is InChI=1S/C24H16ClFN2O4/c25-15-9-10-18-20(12-15)28(17-7-2-1-3-8-17)21(24(31)32)19(22(18)29)13-27-23(30)14-5-4-6-16(26)11-14/h1-12H,13H2,(H,27,30)(H,31,32). The zero-order chi connectivity index (χ0) is 22.8. The first-order chi connectivity index (χ1) is 15.4. The van der Waals surface area contributed by atoms with Crippen LogP contribution >= 0.6 is 11.6 Å². The van der Waals surface area contributed by atoms with Gasteiger partial charge in [-0.1, -0.05) is 35.9 Å². The van der Waals surface area contributed by atoms with Crippen LogP contribution in [-0.4, -0.2) is 21.6 Å². The number of carboxylic acid groups (broad SMARTS) is 1. The quantitative estimate of drug-likeness (QED) is 0.471. The van der Waals surface area contributed by atoms with Gasteiger partial charge in [0.25, 0.3) is 5.91 Å². The molecule has 0 bridgehead atoms. The lowest BCUT2D eigenvalue weighted by atomic mass is 10.1. The van der Waals surface area contributed by atoms with Gasteiger partial charge >= 0.3 is 5.97 Å². The molecule has 0 saturated carbocycles. The molecule has 2 N–H and O–H groups in total. The van der Waals surface area contributed by atoms with E-state index in [-0.39, 0.29) is 28.8 Å². The summed E-state index contributed by atoms with van der Waals surface area (Å²) in [5.41, 5.74) is -0.0590. The number of aromatic nitrogens is 1. The molecule has 8 heteroatoms. The maximum atomic E-state index is 13.5. The Hall–Kier alpha value is -3.97. The number of pyridine rings is 1. The Kier molecular flexibility index (Phi) is 5.75. The second-order valence-corrected chi connectivity index (χ2v) is 7.42. The molecular formula is C24H16ClFN2O4. The number of fused-ring (bicyclic) bond motifs is 1. The summed E-state index contributed by atoms with van der Waals surface area (Å²) in [5, 5.41) is 13.1. The first-order valence-electron chi connectivity index (χ1n) is 9.56. The molecule has 1 heterocycles. The fraction of sp³-hybridized carbons (Fsp3) is 0.0417. The smallest absolute Gasteiger partial charge is 0.353 e. The number of benzene rings is 3. The van der Waals surface area contributed by atoms with Gasteiger partial charge in [0.2, 0.25) is 0 Å². The van der Waals surface area contributed by atoms with Gasteiger partial charge < -0.3 is 15.0 Å². The fourth-order valence-corrected chi connectivity index (χ4v) is 3.71. The Morgan fingerprint density at radius 3 is 2.44 bits per heavy atom. The van der Waals surface area contributed by atoms with Crippen LogP contribution in [0.2, 0.25) is 5.02 Å². The molecule has 0 radical (unpaired) electrons. The molecule has 0 unspecified atom stereocenters. The summed E-state index contributed by atoms with van der Waals surface area (Å²) in [6, 6.07) is 18.3. The summed E-state index contributed by atoms with van der Waals surface area (Å²) in [4.78, 5) is 38.0. The lowest BCUT2D eigenvalue weighted by Gasteiger charge is -2.19. The highest BCUT2D eigenvalue weighted by Gasteiger charge is 2.23. The molecule has 160 valence electrons. The lowest BCUT2D eigenvalue weighted by molar-refractivity contribution is 0.0685. The van der Waals surface area contributed by atoms with Crippen LogP contribution in [-0.2, 0) is 6.54 Å². The number of nitrogens with one attached hydrogen (secondary N) is 1. The monoisotopic (exact) mass is 450 g/mol. The minimum absolute atomic E-state index is 0.0535. The third-order valence-corrected chi connectivity index (χ3v) is 5.19. The zero-order valence-corrected chi connectivity index (χ0v) is 17.3. The van der Waals surface area contributed by atoms with E-state index in [1.54, 1.807) is 30.3 Å². The number of carboxylic acids is 1. The zero-order valence-electron chi connectivity index (χ0n) is 16.5. The number of hydrogen-bond acceptors (Lipinski definition) is 3. The van der Waals surface area contributed by atoms with Gasteiger partial charge in [0.15, 0.2) is 5.43 Å². The van der Waals surface area contributed by atoms with Crippen molar-refractivity contribution >= 4 is 34.4 Å². The van der Waals surface area contributed by atoms with Crippen molar-refractivity contribution in [2.75, 3.05) is 0 Å². The third kappa shape index (κ3) is 3.98. The molecule has 0 saturated heterocycles. The Labute approximate surface area is 186 Å². The SMILES string of the molecule is O=C(NCc1c(C(=O)O)n(-c2ccccc2)c2cc(Cl)ccc2c1=O)c1cccc(F)c1. The molecule has 3 aromatic carbocycles. The number of amides is 1. The predicted octanol–water partition coefficient (Wildman–Crippen LogP) is 4.41. The van der Waals surface area contributed by atoms with Crippen molar-refractivity contribution in [2.45, 2.75) is 6.54 Å². The summed E-state index contributed by atoms with van der Waals surface area (Å²) in [6.07, 6.45) is 0. The van der Waals surface area contributed by atoms with E-state index in [2.05, 4.69) is 5.32 Å². The molecule has 6 nitrogen and oxygen atoms in total. The first-order valence-corrected chi connectivity index (χ1v) is 9.94. The Morgan fingerprint density at radius 1 is 1.00 bits per heavy atom. The number of hydrogen-bond donors (Lipinski definition) is 2. The fourth-order valence-electron chi connectivity index (χ4n) is 3.54. The van der Waals surface area contributed by atoms with E-state index in [9.17, 15) is 23.9 Å². The maximum absolute atomic E-state index is 13.5. The molecule has 1 amide bonds. The minimum Gasteiger partial charge on any atom is -0.477 e. The second-order valence-electron chi connectivity index (χ2n) is 6.99. The molecule has 4 aromatic rings. The third-order valence-electron chi connectivity index (χ3n) is 4.96. The molecule has 0 aliphatic carbocycles. The highest BCUT2D eigenvalue weighted by molar-refractivity contribution is 6.31. The second kappa shape index (κ2) is 8.64. The number of halogens is 2. The number of rotatable bonds is 5. The predicted molar refractivity (Wildman–Crippen MR) is 119 cm³/mol. The van der Waals surface area contributed by atoms with Gasteiger partial charge in [0.05, 0.1) is 11.1 Å². The molecule has 1 aromatic heterocycles. The Balaban J connectivity index is 1.90. The van der Waals surface area contributed by atoms with E-state index in [1.807, 2.05) is 0 Å². The number of aromatic carboxylic acids is 1. The summed E-state index contributed by atoms with van der Waals surface area (Å²) in [5.74, 6) is -2.57. The van der Waals surface area contributed by atoms with Crippen molar-refractivity contribution < 1.29 is 19.1 Å². The topological polar surface area (TPSA) is 88.4 Å². The average Bonchev–Trinajstić information content (AvgIpc) is 2.78. The molecule has 0 aliphatic rings. The van der Waals surface area contributed by atoms with Crippen molar-refractivity contribution in [3.05, 3.63) is 111 Å². The van der Waals surface area contributed by atoms with E-state index in [0.717, 1.165) is 6.07 Å². The largest absolute Gasteiger partial charge is 0.477 e. The van der Waals surface area contributed by atoms with Gasteiger partial charge in [-0.2, -0.15) is 0 Å². The van der Waals surface area contributed by atoms with Crippen LogP contribution in [0, 0.1) is 5.82 Å². The van der Waals surface area contributed by atoms with Crippen molar-refractivity contribution in [1.29, 1.82) is 0 Å². The summed E-state index contributed by atoms with van der Waals surface area (Å²) >= 11 is 6.14. The van der Waals surface area contributed by atoms with Crippen LogP contribution in [0.3, 0.4) is 0 Å². The maximum Gasteiger partial charge on any atom is 0.353 e. The van der Waals surface area contributed by atoms with Crippen LogP contribution in [0.15, 0.2) is 77.6 Å². The van der Waals surface area contributed by atoms with Crippen molar-refractivity contribution in [3.63, 3.8) is 0 Å². The summed E-state index contributed by atoms with van der Waals surface area (Å²) in [7, 11) is 0. The van der Waals surface area contributed by atoms with Crippen LogP contribution < -0.4 is 10.7 Å². The minimum atomic E-state index is -1.34. The number of carbonyl (C=O) groups is 2. The molecular weight excluding hydrogens is 435 g/mol. The molecule has 0 spiro atoms. The van der Waals surface area contributed by atoms with E-state index in [0.29, 0.717) is 16.2 Å². The molecule has 32 heavy (non-hydrogen) atoms. The van der Waals surface area contributed by atoms with Crippen molar-refractivity contribution in [1.82, 2.24) is 9.88 Å². The van der Waals surface area contributed by atoms with Crippen molar-refractivity contribution in [2.24, 2.45) is 0 Å². The van der Waals surface area contributed by atoms with Crippen LogP contribution in [0.25, 0.3) is 16.6 Å². The van der Waals surface area contributed by atoms with E-state index < -0.39 is 23.1 Å². The van der Waals surface area contributed by atoms with Gasteiger partial charge in [-0.25, -0.2) is 9.18 Å². The van der Waals surface area contributed by atoms with Gasteiger partial charge in [0, 0.05) is 28.2 Å². The van der Waals surface area contributed by atoms with Gasteiger partial charge in [0.1, 0.15) is 11.5 Å². The molecule has 0 atom stereocenters. The number of para-hydroxylation sites is 1. The number of nitrogens with zero attached hydrogens (tertiary/aromatic N) is 1. The first kappa shape index (κ1) is 21.3. The van der Waals surface area contributed by atoms with E-state index in [1.165, 1.54) is 41.0 Å². The van der Waals surface area contributed by atoms with Crippen LogP contribution in [0.1, 0.15) is 26.4 Å². The highest BCUT2D eigenvalue weighted by atomic mass is 35.5. The van der Waals surface area contributed by atoms with Crippen LogP contribution in [0.5, 0.6) is 0 Å². The van der Waals surface area contributed by atoms with Gasteiger partial charge in [-0.15, -0.1) is 0 Å². The number of carbonyl (C=O) groups excluding carboxylic acids is 1. The van der Waals surface area contributed by atoms with Gasteiger partial charge in [-0.05, 0) is 48.5 Å². The molecule has 0 fully saturated rings. The van der Waals surface area contributed by atoms with Crippen molar-refractivity contribution in [3.8, 4) is 5.69 Å². The summed E-state index contributed by atoms with van der Waals surface area (Å²) < 4.78 is 14.9. The van der Waals surface area contributed by atoms with Gasteiger partial charge in [-0.3, -0.25) is 9.59 Å². The Morgan fingerprint density at radius 2 is 1.75 bits per heavy atom. The molecule has 0 aliphatic heterocycles. The summed E-state index contributed by atoms with van der Waals surface area (Å²) in [6.45, 7) is -0.360. The highest BCUT2D eigenvalue weighted by Crippen LogP contribution is 2.25. The average molecular weight is 451 g/mol. The van der Waals surface area contributed by atoms with E-state index >= 15 is 0 Å². The Bertz CT molecular complexity index is 1420. The van der Waals surface area contributed by atoms with E-state index in [4.69, 9.17) is 11.6 Å². The lowest BCUT2D eigenvalue weighted by Crippen LogP contribution is -2.30. The normalized spacial score (nSPS) is 10.8. The van der Waals surface area contributed by atoms with Crippen LogP contribution in [0.4, 0.5) is 4.39 Å².